The highest BCUT2D eigenvalue weighted by Crippen LogP contribution is 2.22. The molecule has 30 heavy (non-hydrogen) atoms. The zero-order valence-corrected chi connectivity index (χ0v) is 19.1. The molecule has 0 radical (unpaired) electrons. The number of thioether (sulfide) groups is 1. The largest absolute Gasteiger partial charge is 0.396 e. The molecule has 2 rings (SSSR count). The lowest BCUT2D eigenvalue weighted by Gasteiger charge is -2.10. The van der Waals surface area contributed by atoms with Crippen molar-refractivity contribution in [2.45, 2.75) is 27.7 Å². The Hall–Kier alpha value is -2.45. The Morgan fingerprint density at radius 2 is 1.87 bits per heavy atom. The number of carbonyl (C=O) groups excluding carboxylic acids is 1. The number of nitrogens with one attached hydrogen (secondary N) is 2. The topological polar surface area (TPSA) is 99.2 Å². The zero-order valence-electron chi connectivity index (χ0n) is 18.3. The van der Waals surface area contributed by atoms with E-state index in [0.29, 0.717) is 24.1 Å². The third-order valence-electron chi connectivity index (χ3n) is 3.28. The zero-order chi connectivity index (χ0) is 23.5. The first-order chi connectivity index (χ1) is 14.3. The summed E-state index contributed by atoms with van der Waals surface area (Å²) in [6.07, 6.45) is 2.65. The van der Waals surface area contributed by atoms with Gasteiger partial charge in [-0.2, -0.15) is 11.8 Å². The number of aryl methyl sites for hydroxylation is 1. The van der Waals surface area contributed by atoms with Crippen molar-refractivity contribution in [2.24, 2.45) is 0 Å². The number of amides is 1. The number of nitrogen functional groups attached to an aromatic ring is 1. The maximum atomic E-state index is 13.5. The average molecular weight is 442 g/mol. The number of nitrogens with two attached hydrogens (primary N) is 1. The molecule has 2 aromatic rings. The molecule has 1 amide bonds. The maximum absolute atomic E-state index is 13.5. The third-order valence-corrected chi connectivity index (χ3v) is 3.86. The van der Waals surface area contributed by atoms with Gasteiger partial charge in [0.1, 0.15) is 11.6 Å². The highest BCUT2D eigenvalue weighted by atomic mass is 32.2. The number of aliphatic hydroxyl groups excluding tert-OH is 1. The van der Waals surface area contributed by atoms with Crippen molar-refractivity contribution >= 4 is 29.6 Å². The quantitative estimate of drug-likeness (QED) is 0.231. The lowest BCUT2D eigenvalue weighted by atomic mass is 9.99. The highest BCUT2D eigenvalue weighted by Gasteiger charge is 2.13. The van der Waals surface area contributed by atoms with E-state index in [1.807, 2.05) is 25.6 Å². The van der Waals surface area contributed by atoms with Crippen molar-refractivity contribution < 1.29 is 18.7 Å². The van der Waals surface area contributed by atoms with Crippen molar-refractivity contribution in [2.75, 3.05) is 30.9 Å². The Morgan fingerprint density at radius 1 is 1.27 bits per heavy atom. The fourth-order valence-corrected chi connectivity index (χ4v) is 1.88. The van der Waals surface area contributed by atoms with Crippen LogP contribution in [0.3, 0.4) is 0 Å². The number of aliphatic hydroxyl groups is 1. The van der Waals surface area contributed by atoms with Crippen LogP contribution in [0.1, 0.15) is 37.5 Å². The van der Waals surface area contributed by atoms with E-state index < -0.39 is 11.6 Å². The van der Waals surface area contributed by atoms with Crippen molar-refractivity contribution in [3.63, 3.8) is 0 Å². The summed E-state index contributed by atoms with van der Waals surface area (Å²) in [5.41, 5.74) is 6.85. The Morgan fingerprint density at radius 3 is 2.30 bits per heavy atom. The molecule has 0 aliphatic heterocycles. The van der Waals surface area contributed by atoms with Crippen molar-refractivity contribution in [3.8, 4) is 0 Å². The Balaban J connectivity index is 0. The van der Waals surface area contributed by atoms with Gasteiger partial charge in [-0.05, 0) is 48.8 Å². The first kappa shape index (κ1) is 29.7. The number of carbonyl (C=O) groups is 1. The predicted molar refractivity (Wildman–Crippen MR) is 124 cm³/mol. The molecular formula is C22H33F2N3O2S. The van der Waals surface area contributed by atoms with Gasteiger partial charge in [-0.1, -0.05) is 32.9 Å². The van der Waals surface area contributed by atoms with Gasteiger partial charge in [0.15, 0.2) is 0 Å². The van der Waals surface area contributed by atoms with Crippen LogP contribution < -0.4 is 11.1 Å². The minimum absolute atomic E-state index is 0.00889. The van der Waals surface area contributed by atoms with E-state index in [9.17, 15) is 13.6 Å². The average Bonchev–Trinajstić information content (AvgIpc) is 2.76. The van der Waals surface area contributed by atoms with E-state index in [2.05, 4.69) is 18.5 Å². The van der Waals surface area contributed by atoms with E-state index in [0.717, 1.165) is 0 Å². The van der Waals surface area contributed by atoms with Crippen LogP contribution in [0, 0.1) is 24.0 Å². The monoisotopic (exact) mass is 441 g/mol. The molecule has 2 aromatic carbocycles. The van der Waals surface area contributed by atoms with E-state index in [4.69, 9.17) is 16.2 Å². The van der Waals surface area contributed by atoms with Crippen molar-refractivity contribution in [1.29, 1.82) is 5.41 Å². The van der Waals surface area contributed by atoms with Gasteiger partial charge in [0, 0.05) is 17.7 Å². The summed E-state index contributed by atoms with van der Waals surface area (Å²) in [7, 11) is 0. The second-order valence-electron chi connectivity index (χ2n) is 5.47. The predicted octanol–water partition coefficient (Wildman–Crippen LogP) is 4.39. The van der Waals surface area contributed by atoms with Crippen LogP contribution in [0.5, 0.6) is 0 Å². The number of rotatable bonds is 6. The smallest absolute Gasteiger partial charge is 0.207 e. The van der Waals surface area contributed by atoms with Crippen LogP contribution in [0.25, 0.3) is 0 Å². The van der Waals surface area contributed by atoms with Crippen molar-refractivity contribution in [1.82, 2.24) is 5.32 Å². The molecule has 0 aliphatic rings. The molecular weight excluding hydrogens is 408 g/mol. The third kappa shape index (κ3) is 12.2. The van der Waals surface area contributed by atoms with E-state index in [-0.39, 0.29) is 23.6 Å². The first-order valence-corrected chi connectivity index (χ1v) is 10.9. The molecule has 0 unspecified atom stereocenters. The van der Waals surface area contributed by atoms with Gasteiger partial charge in [-0.15, -0.1) is 0 Å². The lowest BCUT2D eigenvalue weighted by Crippen LogP contribution is -2.14. The molecule has 0 heterocycles. The molecule has 0 aromatic heterocycles. The van der Waals surface area contributed by atoms with Crippen molar-refractivity contribution in [3.05, 3.63) is 64.7 Å². The van der Waals surface area contributed by atoms with E-state index in [1.54, 1.807) is 19.1 Å². The normalized spacial score (nSPS) is 8.93. The SMILES string of the molecule is CC.CCSC.Cc1cc(F)c(N)c(C(=N)c2cccc(F)c2)c1.O=CNCCO. The number of halogens is 2. The minimum Gasteiger partial charge on any atom is -0.396 e. The summed E-state index contributed by atoms with van der Waals surface area (Å²) < 4.78 is 26.6. The fraction of sp³-hybridized carbons (Fsp3) is 0.364. The summed E-state index contributed by atoms with van der Waals surface area (Å²) in [4.78, 5) is 9.34. The molecule has 0 spiro atoms. The molecule has 0 atom stereocenters. The van der Waals surface area contributed by atoms with Gasteiger partial charge in [0.25, 0.3) is 0 Å². The van der Waals surface area contributed by atoms with Gasteiger partial charge >= 0.3 is 0 Å². The second kappa shape index (κ2) is 18.6. The van der Waals surface area contributed by atoms with Crippen LogP contribution in [0.4, 0.5) is 14.5 Å². The molecule has 8 heteroatoms. The molecule has 5 N–H and O–H groups in total. The summed E-state index contributed by atoms with van der Waals surface area (Å²) in [6, 6.07) is 8.52. The Labute approximate surface area is 182 Å². The van der Waals surface area contributed by atoms with Gasteiger partial charge in [-0.25, -0.2) is 8.78 Å². The number of hydrogen-bond acceptors (Lipinski definition) is 5. The summed E-state index contributed by atoms with van der Waals surface area (Å²) >= 11 is 1.86. The summed E-state index contributed by atoms with van der Waals surface area (Å²) in [5, 5.41) is 18.2. The molecule has 0 saturated heterocycles. The molecule has 0 fully saturated rings. The van der Waals surface area contributed by atoms with Crippen LogP contribution in [-0.2, 0) is 4.79 Å². The number of hydrogen-bond donors (Lipinski definition) is 4. The van der Waals surface area contributed by atoms with Crippen LogP contribution in [0.15, 0.2) is 36.4 Å². The van der Waals surface area contributed by atoms with Crippen LogP contribution in [0.2, 0.25) is 0 Å². The molecule has 168 valence electrons. The summed E-state index contributed by atoms with van der Waals surface area (Å²) in [6.45, 7) is 8.22. The molecule has 5 nitrogen and oxygen atoms in total. The van der Waals surface area contributed by atoms with Gasteiger partial charge < -0.3 is 16.2 Å². The number of benzene rings is 2. The molecule has 0 aliphatic carbocycles. The summed E-state index contributed by atoms with van der Waals surface area (Å²) in [5.74, 6) is 0.232. The van der Waals surface area contributed by atoms with E-state index >= 15 is 0 Å². The standard InChI is InChI=1S/C14H12F2N2.C3H7NO2.C3H8S.C2H6/c1-8-5-11(14(18)12(16)6-8)13(17)9-3-2-4-10(15)7-9;5-2-1-4-3-6;1-3-4-2;1-2/h2-7,17H,18H2,1H3;3,5H,1-2H2,(H,4,6);3H2,1-2H3;1-2H3. The maximum Gasteiger partial charge on any atom is 0.207 e. The van der Waals surface area contributed by atoms with Crippen LogP contribution >= 0.6 is 11.8 Å². The highest BCUT2D eigenvalue weighted by molar-refractivity contribution is 7.98. The lowest BCUT2D eigenvalue weighted by molar-refractivity contribution is -0.109. The fourth-order valence-electron chi connectivity index (χ4n) is 1.88. The second-order valence-corrected chi connectivity index (χ2v) is 6.62. The molecule has 0 bridgehead atoms. The van der Waals surface area contributed by atoms with Crippen LogP contribution in [-0.4, -0.2) is 42.4 Å². The van der Waals surface area contributed by atoms with Gasteiger partial charge in [0.05, 0.1) is 18.0 Å². The number of anilines is 1. The first-order valence-electron chi connectivity index (χ1n) is 9.49. The molecule has 0 saturated carbocycles. The van der Waals surface area contributed by atoms with Gasteiger partial charge in [-0.3, -0.25) is 10.2 Å². The van der Waals surface area contributed by atoms with Gasteiger partial charge in [0.2, 0.25) is 6.41 Å². The Bertz CT molecular complexity index is 757. The van der Waals surface area contributed by atoms with E-state index in [1.165, 1.54) is 30.0 Å². The minimum atomic E-state index is -0.564. The Kier molecular flexibility index (Phi) is 18.4.